The lowest BCUT2D eigenvalue weighted by atomic mass is 9.84. The van der Waals surface area contributed by atoms with Gasteiger partial charge in [-0.05, 0) is 24.1 Å². The minimum atomic E-state index is 0.0994. The van der Waals surface area contributed by atoms with Gasteiger partial charge in [-0.15, -0.1) is 0 Å². The molecule has 2 nitrogen and oxygen atoms in total. The predicted molar refractivity (Wildman–Crippen MR) is 58.1 cm³/mol. The fourth-order valence-electron chi connectivity index (χ4n) is 1.74. The molecular weight excluding hydrogens is 244 g/mol. The maximum atomic E-state index is 10.8. The lowest BCUT2D eigenvalue weighted by Gasteiger charge is -2.22. The fraction of sp³-hybridized carbons (Fsp3) is 0.182. The highest BCUT2D eigenvalue weighted by atomic mass is 79.9. The van der Waals surface area contributed by atoms with Crippen LogP contribution in [-0.4, -0.2) is 11.4 Å². The molecule has 2 aliphatic rings. The van der Waals surface area contributed by atoms with Gasteiger partial charge in [0.1, 0.15) is 5.76 Å². The quantitative estimate of drug-likeness (QED) is 0.729. The van der Waals surface area contributed by atoms with Crippen LogP contribution in [0, 0.1) is 5.92 Å². The Morgan fingerprint density at radius 2 is 2.29 bits per heavy atom. The van der Waals surface area contributed by atoms with Gasteiger partial charge in [0.2, 0.25) is 0 Å². The summed E-state index contributed by atoms with van der Waals surface area (Å²) in [5, 5.41) is 9.48. The molecule has 1 unspecified atom stereocenters. The van der Waals surface area contributed by atoms with Crippen molar-refractivity contribution in [3.63, 3.8) is 0 Å². The SMILES string of the molecule is O=CC1=C2C=CC(Br)=CC2CC=C1O. The number of hydrogen-bond acceptors (Lipinski definition) is 2. The van der Waals surface area contributed by atoms with Crippen LogP contribution in [0.3, 0.4) is 0 Å². The number of rotatable bonds is 1. The van der Waals surface area contributed by atoms with Gasteiger partial charge in [0.25, 0.3) is 0 Å². The number of aliphatic hydroxyl groups is 1. The van der Waals surface area contributed by atoms with Gasteiger partial charge in [-0.2, -0.15) is 0 Å². The Morgan fingerprint density at radius 3 is 3.00 bits per heavy atom. The van der Waals surface area contributed by atoms with Crippen LogP contribution in [0.5, 0.6) is 0 Å². The van der Waals surface area contributed by atoms with Gasteiger partial charge in [0.05, 0.1) is 5.57 Å². The van der Waals surface area contributed by atoms with E-state index >= 15 is 0 Å². The molecule has 2 rings (SSSR count). The van der Waals surface area contributed by atoms with E-state index in [9.17, 15) is 9.90 Å². The third kappa shape index (κ3) is 1.48. The average molecular weight is 253 g/mol. The summed E-state index contributed by atoms with van der Waals surface area (Å²) in [6.45, 7) is 0. The first kappa shape index (κ1) is 9.46. The van der Waals surface area contributed by atoms with E-state index in [4.69, 9.17) is 0 Å². The molecule has 0 fully saturated rings. The molecule has 0 aromatic carbocycles. The zero-order valence-corrected chi connectivity index (χ0v) is 8.99. The molecule has 14 heavy (non-hydrogen) atoms. The molecule has 0 aromatic rings. The molecule has 1 atom stereocenters. The zero-order chi connectivity index (χ0) is 10.1. The summed E-state index contributed by atoms with van der Waals surface area (Å²) in [5.41, 5.74) is 1.32. The van der Waals surface area contributed by atoms with Crippen LogP contribution in [-0.2, 0) is 4.79 Å². The van der Waals surface area contributed by atoms with Crippen LogP contribution in [0.15, 0.2) is 45.7 Å². The van der Waals surface area contributed by atoms with Crippen molar-refractivity contribution in [3.8, 4) is 0 Å². The van der Waals surface area contributed by atoms with Crippen LogP contribution in [0.2, 0.25) is 0 Å². The largest absolute Gasteiger partial charge is 0.508 e. The Hall–Kier alpha value is -1.09. The molecular formula is C11H9BrO2. The van der Waals surface area contributed by atoms with E-state index in [-0.39, 0.29) is 11.7 Å². The molecule has 0 amide bonds. The highest BCUT2D eigenvalue weighted by Gasteiger charge is 2.22. The van der Waals surface area contributed by atoms with Crippen molar-refractivity contribution in [2.45, 2.75) is 6.42 Å². The average Bonchev–Trinajstić information content (AvgIpc) is 2.18. The lowest BCUT2D eigenvalue weighted by molar-refractivity contribution is -0.105. The number of aldehydes is 1. The Morgan fingerprint density at radius 1 is 1.50 bits per heavy atom. The van der Waals surface area contributed by atoms with Gasteiger partial charge in [-0.25, -0.2) is 0 Å². The first-order valence-electron chi connectivity index (χ1n) is 4.36. The summed E-state index contributed by atoms with van der Waals surface area (Å²) < 4.78 is 1.02. The van der Waals surface area contributed by atoms with Crippen LogP contribution in [0.25, 0.3) is 0 Å². The molecule has 0 aliphatic heterocycles. The van der Waals surface area contributed by atoms with Gasteiger partial charge in [-0.3, -0.25) is 4.79 Å². The Balaban J connectivity index is 2.49. The fourth-order valence-corrected chi connectivity index (χ4v) is 2.19. The number of carbonyl (C=O) groups excluding carboxylic acids is 1. The molecule has 72 valence electrons. The number of halogens is 1. The maximum Gasteiger partial charge on any atom is 0.154 e. The van der Waals surface area contributed by atoms with Crippen molar-refractivity contribution in [2.24, 2.45) is 5.92 Å². The Bertz CT molecular complexity index is 400. The zero-order valence-electron chi connectivity index (χ0n) is 7.40. The number of carbonyl (C=O) groups is 1. The molecule has 0 heterocycles. The molecule has 0 saturated carbocycles. The number of fused-ring (bicyclic) bond motifs is 1. The first-order valence-corrected chi connectivity index (χ1v) is 5.16. The van der Waals surface area contributed by atoms with Gasteiger partial charge >= 0.3 is 0 Å². The summed E-state index contributed by atoms with van der Waals surface area (Å²) in [7, 11) is 0. The van der Waals surface area contributed by atoms with Gasteiger partial charge in [0, 0.05) is 10.4 Å². The number of hydrogen-bond donors (Lipinski definition) is 1. The highest BCUT2D eigenvalue weighted by molar-refractivity contribution is 9.11. The molecule has 0 spiro atoms. The van der Waals surface area contributed by atoms with Gasteiger partial charge in [-0.1, -0.05) is 28.1 Å². The van der Waals surface area contributed by atoms with E-state index in [0.717, 1.165) is 16.5 Å². The van der Waals surface area contributed by atoms with Crippen molar-refractivity contribution in [3.05, 3.63) is 45.7 Å². The lowest BCUT2D eigenvalue weighted by Crippen LogP contribution is -2.12. The topological polar surface area (TPSA) is 37.3 Å². The summed E-state index contributed by atoms with van der Waals surface area (Å²) in [6.07, 6.45) is 8.95. The number of aliphatic hydroxyl groups excluding tert-OH is 1. The summed E-state index contributed by atoms with van der Waals surface area (Å²) in [4.78, 5) is 10.8. The van der Waals surface area contributed by atoms with E-state index < -0.39 is 0 Å². The summed E-state index contributed by atoms with van der Waals surface area (Å²) >= 11 is 3.39. The van der Waals surface area contributed by atoms with Crippen molar-refractivity contribution >= 4 is 22.2 Å². The molecule has 2 aliphatic carbocycles. The third-order valence-electron chi connectivity index (χ3n) is 2.45. The molecule has 3 heteroatoms. The predicted octanol–water partition coefficient (Wildman–Crippen LogP) is 2.79. The minimum absolute atomic E-state index is 0.0994. The molecule has 0 bridgehead atoms. The smallest absolute Gasteiger partial charge is 0.154 e. The second-order valence-electron chi connectivity index (χ2n) is 3.30. The van der Waals surface area contributed by atoms with E-state index in [2.05, 4.69) is 15.9 Å². The summed E-state index contributed by atoms with van der Waals surface area (Å²) in [5.74, 6) is 0.313. The first-order chi connectivity index (χ1) is 6.72. The molecule has 0 saturated heterocycles. The number of allylic oxidation sites excluding steroid dienone is 7. The van der Waals surface area contributed by atoms with Gasteiger partial charge < -0.3 is 5.11 Å². The van der Waals surface area contributed by atoms with E-state index in [0.29, 0.717) is 11.9 Å². The van der Waals surface area contributed by atoms with E-state index in [1.807, 2.05) is 18.2 Å². The van der Waals surface area contributed by atoms with E-state index in [1.165, 1.54) is 0 Å². The van der Waals surface area contributed by atoms with Crippen molar-refractivity contribution in [1.29, 1.82) is 0 Å². The van der Waals surface area contributed by atoms with Crippen molar-refractivity contribution in [2.75, 3.05) is 0 Å². The highest BCUT2D eigenvalue weighted by Crippen LogP contribution is 2.34. The third-order valence-corrected chi connectivity index (χ3v) is 2.98. The standard InChI is InChI=1S/C11H9BrO2/c12-8-2-3-9-7(5-8)1-4-11(14)10(9)6-13/h2-7,14H,1H2. The molecule has 1 N–H and O–H groups in total. The second-order valence-corrected chi connectivity index (χ2v) is 4.22. The van der Waals surface area contributed by atoms with Crippen molar-refractivity contribution < 1.29 is 9.90 Å². The molecule has 0 radical (unpaired) electrons. The Kier molecular flexibility index (Phi) is 2.42. The van der Waals surface area contributed by atoms with E-state index in [1.54, 1.807) is 6.08 Å². The summed E-state index contributed by atoms with van der Waals surface area (Å²) in [6, 6.07) is 0. The second kappa shape index (κ2) is 3.58. The van der Waals surface area contributed by atoms with Crippen LogP contribution < -0.4 is 0 Å². The van der Waals surface area contributed by atoms with Gasteiger partial charge in [0.15, 0.2) is 6.29 Å². The normalized spacial score (nSPS) is 25.4. The monoisotopic (exact) mass is 252 g/mol. The molecule has 0 aromatic heterocycles. The van der Waals surface area contributed by atoms with Crippen molar-refractivity contribution in [1.82, 2.24) is 0 Å². The maximum absolute atomic E-state index is 10.8. The minimum Gasteiger partial charge on any atom is -0.508 e. The Labute approximate surface area is 90.4 Å². The van der Waals surface area contributed by atoms with Crippen LogP contribution in [0.1, 0.15) is 6.42 Å². The van der Waals surface area contributed by atoms with Crippen LogP contribution >= 0.6 is 15.9 Å². The van der Waals surface area contributed by atoms with Crippen LogP contribution in [0.4, 0.5) is 0 Å².